The molecule has 0 spiro atoms. The van der Waals surface area contributed by atoms with Gasteiger partial charge >= 0.3 is 0 Å². The molecule has 0 radical (unpaired) electrons. The average Bonchev–Trinajstić information content (AvgIpc) is 3.18. The van der Waals surface area contributed by atoms with Gasteiger partial charge in [-0.2, -0.15) is 0 Å². The number of hydrogen-bond donors (Lipinski definition) is 0. The van der Waals surface area contributed by atoms with E-state index in [1.807, 2.05) is 24.5 Å². The third-order valence-electron chi connectivity index (χ3n) is 4.03. The largest absolute Gasteiger partial charge is 0.265 e. The SMILES string of the molecule is Brc1ccccc1C1(c2nc(-c3ccncc3)cs2)CC1. The molecule has 104 valence electrons. The van der Waals surface area contributed by atoms with Crippen LogP contribution in [0, 0.1) is 0 Å². The Morgan fingerprint density at radius 3 is 2.52 bits per heavy atom. The van der Waals surface area contributed by atoms with E-state index in [0.29, 0.717) is 0 Å². The van der Waals surface area contributed by atoms with E-state index in [-0.39, 0.29) is 5.41 Å². The number of nitrogens with zero attached hydrogens (tertiary/aromatic N) is 2. The highest BCUT2D eigenvalue weighted by molar-refractivity contribution is 9.10. The molecule has 4 rings (SSSR count). The van der Waals surface area contributed by atoms with E-state index in [0.717, 1.165) is 11.3 Å². The highest BCUT2D eigenvalue weighted by atomic mass is 79.9. The van der Waals surface area contributed by atoms with Crippen molar-refractivity contribution in [2.24, 2.45) is 0 Å². The van der Waals surface area contributed by atoms with Gasteiger partial charge in [0.25, 0.3) is 0 Å². The maximum Gasteiger partial charge on any atom is 0.104 e. The number of hydrogen-bond acceptors (Lipinski definition) is 3. The third kappa shape index (κ3) is 2.23. The van der Waals surface area contributed by atoms with Gasteiger partial charge in [-0.05, 0) is 36.6 Å². The quantitative estimate of drug-likeness (QED) is 0.656. The Balaban J connectivity index is 1.75. The molecule has 0 aliphatic heterocycles. The van der Waals surface area contributed by atoms with Crippen LogP contribution >= 0.6 is 27.3 Å². The Kier molecular flexibility index (Phi) is 3.16. The molecule has 21 heavy (non-hydrogen) atoms. The van der Waals surface area contributed by atoms with Crippen molar-refractivity contribution in [2.75, 3.05) is 0 Å². The Morgan fingerprint density at radius 2 is 1.81 bits per heavy atom. The van der Waals surface area contributed by atoms with Crippen molar-refractivity contribution >= 4 is 27.3 Å². The van der Waals surface area contributed by atoms with Gasteiger partial charge in [-0.3, -0.25) is 4.98 Å². The Labute approximate surface area is 136 Å². The number of thiazole rings is 1. The summed E-state index contributed by atoms with van der Waals surface area (Å²) in [5, 5.41) is 3.38. The van der Waals surface area contributed by atoms with Gasteiger partial charge in [0.05, 0.1) is 5.69 Å². The first-order valence-corrected chi connectivity index (χ1v) is 8.58. The third-order valence-corrected chi connectivity index (χ3v) is 5.77. The van der Waals surface area contributed by atoms with E-state index in [4.69, 9.17) is 4.98 Å². The number of benzene rings is 1. The first kappa shape index (κ1) is 13.2. The molecule has 1 aliphatic carbocycles. The molecule has 0 amide bonds. The summed E-state index contributed by atoms with van der Waals surface area (Å²) in [6, 6.07) is 12.5. The monoisotopic (exact) mass is 356 g/mol. The van der Waals surface area contributed by atoms with Crippen LogP contribution < -0.4 is 0 Å². The average molecular weight is 357 g/mol. The predicted molar refractivity (Wildman–Crippen MR) is 89.5 cm³/mol. The van der Waals surface area contributed by atoms with Crippen molar-refractivity contribution in [3.63, 3.8) is 0 Å². The lowest BCUT2D eigenvalue weighted by Gasteiger charge is -2.14. The van der Waals surface area contributed by atoms with Crippen molar-refractivity contribution < 1.29 is 0 Å². The lowest BCUT2D eigenvalue weighted by molar-refractivity contribution is 0.829. The van der Waals surface area contributed by atoms with Crippen molar-refractivity contribution in [1.82, 2.24) is 9.97 Å². The Hall–Kier alpha value is -1.52. The first-order chi connectivity index (χ1) is 10.3. The smallest absolute Gasteiger partial charge is 0.104 e. The summed E-state index contributed by atoms with van der Waals surface area (Å²) in [4.78, 5) is 8.97. The summed E-state index contributed by atoms with van der Waals surface area (Å²) in [6.45, 7) is 0. The fourth-order valence-corrected chi connectivity index (χ4v) is 4.49. The van der Waals surface area contributed by atoms with E-state index < -0.39 is 0 Å². The molecule has 0 bridgehead atoms. The van der Waals surface area contributed by atoms with Gasteiger partial charge in [-0.1, -0.05) is 34.1 Å². The van der Waals surface area contributed by atoms with E-state index in [9.17, 15) is 0 Å². The molecule has 1 aliphatic rings. The molecule has 1 aromatic carbocycles. The Bertz CT molecular complexity index is 778. The van der Waals surface area contributed by atoms with Gasteiger partial charge < -0.3 is 0 Å². The van der Waals surface area contributed by atoms with Gasteiger partial charge in [0.1, 0.15) is 5.01 Å². The number of halogens is 1. The topological polar surface area (TPSA) is 25.8 Å². The van der Waals surface area contributed by atoms with Gasteiger partial charge in [0, 0.05) is 33.2 Å². The minimum absolute atomic E-state index is 0.121. The molecular formula is C17H13BrN2S. The van der Waals surface area contributed by atoms with Crippen LogP contribution in [0.25, 0.3) is 11.3 Å². The van der Waals surface area contributed by atoms with Gasteiger partial charge in [0.2, 0.25) is 0 Å². The number of pyridine rings is 1. The molecule has 3 aromatic rings. The Morgan fingerprint density at radius 1 is 1.05 bits per heavy atom. The number of rotatable bonds is 3. The molecule has 2 nitrogen and oxygen atoms in total. The second kappa shape index (κ2) is 5.04. The van der Waals surface area contributed by atoms with Crippen molar-refractivity contribution in [1.29, 1.82) is 0 Å². The lowest BCUT2D eigenvalue weighted by Crippen LogP contribution is -2.09. The molecule has 0 saturated heterocycles. The summed E-state index contributed by atoms with van der Waals surface area (Å²) in [5.74, 6) is 0. The summed E-state index contributed by atoms with van der Waals surface area (Å²) in [7, 11) is 0. The minimum atomic E-state index is 0.121. The van der Waals surface area contributed by atoms with Crippen molar-refractivity contribution in [3.8, 4) is 11.3 Å². The summed E-state index contributed by atoms with van der Waals surface area (Å²) >= 11 is 5.45. The van der Waals surface area contributed by atoms with Crippen LogP contribution in [0.2, 0.25) is 0 Å². The standard InChI is InChI=1S/C17H13BrN2S/c18-14-4-2-1-3-13(14)17(7-8-17)16-20-15(11-21-16)12-5-9-19-10-6-12/h1-6,9-11H,7-8H2. The zero-order valence-electron chi connectivity index (χ0n) is 11.3. The fraction of sp³-hybridized carbons (Fsp3) is 0.176. The summed E-state index contributed by atoms with van der Waals surface area (Å²) < 4.78 is 1.18. The molecule has 0 atom stereocenters. The van der Waals surface area contributed by atoms with Crippen molar-refractivity contribution in [2.45, 2.75) is 18.3 Å². The van der Waals surface area contributed by atoms with E-state index >= 15 is 0 Å². The van der Waals surface area contributed by atoms with Crippen LogP contribution in [0.4, 0.5) is 0 Å². The van der Waals surface area contributed by atoms with Gasteiger partial charge in [-0.25, -0.2) is 4.98 Å². The van der Waals surface area contributed by atoms with Crippen LogP contribution in [-0.2, 0) is 5.41 Å². The summed E-state index contributed by atoms with van der Waals surface area (Å²) in [6.07, 6.45) is 5.99. The maximum absolute atomic E-state index is 4.90. The molecule has 1 saturated carbocycles. The lowest BCUT2D eigenvalue weighted by atomic mass is 9.97. The van der Waals surface area contributed by atoms with E-state index in [1.54, 1.807) is 11.3 Å². The minimum Gasteiger partial charge on any atom is -0.265 e. The normalized spacial score (nSPS) is 15.9. The molecule has 2 heterocycles. The van der Waals surface area contributed by atoms with Gasteiger partial charge in [-0.15, -0.1) is 11.3 Å². The van der Waals surface area contributed by atoms with Crippen LogP contribution in [0.15, 0.2) is 58.6 Å². The van der Waals surface area contributed by atoms with Gasteiger partial charge in [0.15, 0.2) is 0 Å². The first-order valence-electron chi connectivity index (χ1n) is 6.91. The van der Waals surface area contributed by atoms with Crippen LogP contribution in [-0.4, -0.2) is 9.97 Å². The zero-order chi connectivity index (χ0) is 14.3. The molecule has 1 fully saturated rings. The van der Waals surface area contributed by atoms with Crippen LogP contribution in [0.5, 0.6) is 0 Å². The molecule has 0 N–H and O–H groups in total. The summed E-state index contributed by atoms with van der Waals surface area (Å²) in [5.41, 5.74) is 3.67. The second-order valence-corrected chi connectivity index (χ2v) is 7.05. The highest BCUT2D eigenvalue weighted by Crippen LogP contribution is 2.56. The van der Waals surface area contributed by atoms with E-state index in [1.165, 1.54) is 27.9 Å². The maximum atomic E-state index is 4.90. The van der Waals surface area contributed by atoms with Crippen LogP contribution in [0.1, 0.15) is 23.4 Å². The molecule has 4 heteroatoms. The predicted octanol–water partition coefficient (Wildman–Crippen LogP) is 5.05. The van der Waals surface area contributed by atoms with Crippen LogP contribution in [0.3, 0.4) is 0 Å². The fourth-order valence-electron chi connectivity index (χ4n) is 2.72. The zero-order valence-corrected chi connectivity index (χ0v) is 13.7. The highest BCUT2D eigenvalue weighted by Gasteiger charge is 2.49. The number of aromatic nitrogens is 2. The second-order valence-electron chi connectivity index (χ2n) is 5.34. The van der Waals surface area contributed by atoms with E-state index in [2.05, 4.69) is 50.6 Å². The molecule has 2 aromatic heterocycles. The molecular weight excluding hydrogens is 344 g/mol. The molecule has 0 unspecified atom stereocenters. The van der Waals surface area contributed by atoms with Crippen molar-refractivity contribution in [3.05, 3.63) is 69.2 Å².